The van der Waals surface area contributed by atoms with E-state index in [0.717, 1.165) is 19.4 Å². The van der Waals surface area contributed by atoms with E-state index in [4.69, 9.17) is 16.3 Å². The van der Waals surface area contributed by atoms with Gasteiger partial charge in [-0.25, -0.2) is 0 Å². The molecule has 0 aliphatic rings. The Balaban J connectivity index is 1.81. The molecule has 134 valence electrons. The lowest BCUT2D eigenvalue weighted by molar-refractivity contribution is 0.103. The van der Waals surface area contributed by atoms with Crippen molar-refractivity contribution in [1.29, 1.82) is 0 Å². The van der Waals surface area contributed by atoms with Gasteiger partial charge in [-0.1, -0.05) is 54.8 Å². The molecule has 0 unspecified atom stereocenters. The Kier molecular flexibility index (Phi) is 7.96. The van der Waals surface area contributed by atoms with E-state index in [1.165, 1.54) is 12.8 Å². The number of hydrogen-bond acceptors (Lipinski definition) is 3. The maximum Gasteiger partial charge on any atom is 0.193 e. The summed E-state index contributed by atoms with van der Waals surface area (Å²) in [6.45, 7) is 1.78. The molecule has 0 amide bonds. The van der Waals surface area contributed by atoms with Crippen LogP contribution in [0.1, 0.15) is 41.6 Å². The highest BCUT2D eigenvalue weighted by Gasteiger charge is 2.11. The van der Waals surface area contributed by atoms with Crippen molar-refractivity contribution < 1.29 is 9.53 Å². The molecule has 0 heterocycles. The van der Waals surface area contributed by atoms with Gasteiger partial charge in [0.1, 0.15) is 5.75 Å². The normalized spacial score (nSPS) is 10.9. The molecule has 0 spiro atoms. The van der Waals surface area contributed by atoms with E-state index < -0.39 is 0 Å². The Morgan fingerprint density at radius 3 is 2.36 bits per heavy atom. The van der Waals surface area contributed by atoms with Crippen molar-refractivity contribution in [3.8, 4) is 5.75 Å². The van der Waals surface area contributed by atoms with Crippen LogP contribution in [0.5, 0.6) is 5.75 Å². The van der Waals surface area contributed by atoms with Crippen LogP contribution in [0.25, 0.3) is 0 Å². The Morgan fingerprint density at radius 2 is 1.68 bits per heavy atom. The second kappa shape index (κ2) is 10.2. The van der Waals surface area contributed by atoms with E-state index in [-0.39, 0.29) is 5.78 Å². The molecule has 0 N–H and O–H groups in total. The van der Waals surface area contributed by atoms with Gasteiger partial charge in [0.25, 0.3) is 0 Å². The first-order chi connectivity index (χ1) is 12.1. The average molecular weight is 360 g/mol. The summed E-state index contributed by atoms with van der Waals surface area (Å²) >= 11 is 6.28. The maximum absolute atomic E-state index is 12.4. The van der Waals surface area contributed by atoms with E-state index in [0.29, 0.717) is 28.5 Å². The first-order valence-electron chi connectivity index (χ1n) is 8.75. The van der Waals surface area contributed by atoms with E-state index in [1.807, 2.05) is 18.2 Å². The van der Waals surface area contributed by atoms with Crippen molar-refractivity contribution in [1.82, 2.24) is 4.90 Å². The molecule has 2 rings (SSSR count). The number of carbonyl (C=O) groups is 1. The van der Waals surface area contributed by atoms with Crippen LogP contribution < -0.4 is 4.74 Å². The van der Waals surface area contributed by atoms with Gasteiger partial charge in [-0.15, -0.1) is 0 Å². The Labute approximate surface area is 155 Å². The summed E-state index contributed by atoms with van der Waals surface area (Å²) in [5, 5.41) is 0.481. The fourth-order valence-electron chi connectivity index (χ4n) is 2.58. The van der Waals surface area contributed by atoms with Gasteiger partial charge in [-0.3, -0.25) is 4.79 Å². The first-order valence-corrected chi connectivity index (χ1v) is 9.12. The third kappa shape index (κ3) is 6.52. The zero-order chi connectivity index (χ0) is 18.1. The van der Waals surface area contributed by atoms with Crippen molar-refractivity contribution in [3.63, 3.8) is 0 Å². The fraction of sp³-hybridized carbons (Fsp3) is 0.381. The summed E-state index contributed by atoms with van der Waals surface area (Å²) in [6, 6.07) is 14.4. The van der Waals surface area contributed by atoms with E-state index >= 15 is 0 Å². The fourth-order valence-corrected chi connectivity index (χ4v) is 2.82. The van der Waals surface area contributed by atoms with Gasteiger partial charge in [0, 0.05) is 11.1 Å². The van der Waals surface area contributed by atoms with Crippen LogP contribution in [0.2, 0.25) is 5.02 Å². The second-order valence-corrected chi connectivity index (χ2v) is 6.81. The van der Waals surface area contributed by atoms with Gasteiger partial charge in [0.15, 0.2) is 5.78 Å². The van der Waals surface area contributed by atoms with Gasteiger partial charge in [0.05, 0.1) is 11.6 Å². The molecule has 0 radical (unpaired) electrons. The first kappa shape index (κ1) is 19.5. The number of ether oxygens (including phenoxy) is 1. The molecule has 0 saturated heterocycles. The topological polar surface area (TPSA) is 29.5 Å². The highest BCUT2D eigenvalue weighted by molar-refractivity contribution is 6.32. The zero-order valence-corrected chi connectivity index (χ0v) is 15.8. The Hall–Kier alpha value is -1.84. The molecule has 0 aliphatic heterocycles. The molecular formula is C21H26ClNO2. The average Bonchev–Trinajstić information content (AvgIpc) is 2.62. The Bertz CT molecular complexity index is 671. The number of unbranched alkanes of at least 4 members (excludes halogenated alkanes) is 3. The SMILES string of the molecule is CN(C)CCCCCCOc1ccc(C(=O)c2ccccc2)cc1Cl. The lowest BCUT2D eigenvalue weighted by atomic mass is 10.0. The molecule has 3 nitrogen and oxygen atoms in total. The molecule has 4 heteroatoms. The van der Waals surface area contributed by atoms with Gasteiger partial charge >= 0.3 is 0 Å². The molecule has 0 aliphatic carbocycles. The van der Waals surface area contributed by atoms with Crippen LogP contribution in [0.15, 0.2) is 48.5 Å². The molecule has 0 bridgehead atoms. The van der Waals surface area contributed by atoms with Crippen molar-refractivity contribution >= 4 is 17.4 Å². The van der Waals surface area contributed by atoms with Crippen molar-refractivity contribution in [3.05, 3.63) is 64.7 Å². The molecule has 2 aromatic rings. The zero-order valence-electron chi connectivity index (χ0n) is 15.0. The third-order valence-electron chi connectivity index (χ3n) is 3.99. The second-order valence-electron chi connectivity index (χ2n) is 6.41. The minimum atomic E-state index is -0.0325. The monoisotopic (exact) mass is 359 g/mol. The lowest BCUT2D eigenvalue weighted by Crippen LogP contribution is -2.12. The van der Waals surface area contributed by atoms with Crippen LogP contribution in [-0.2, 0) is 0 Å². The molecule has 0 fully saturated rings. The molecule has 25 heavy (non-hydrogen) atoms. The molecule has 0 aromatic heterocycles. The standard InChI is InChI=1S/C21H26ClNO2/c1-23(2)14-8-3-4-9-15-25-20-13-12-18(16-19(20)22)21(24)17-10-6-5-7-11-17/h5-7,10-13,16H,3-4,8-9,14-15H2,1-2H3. The van der Waals surface area contributed by atoms with Gasteiger partial charge in [0.2, 0.25) is 0 Å². The number of hydrogen-bond donors (Lipinski definition) is 0. The highest BCUT2D eigenvalue weighted by atomic mass is 35.5. The minimum absolute atomic E-state index is 0.0325. The van der Waals surface area contributed by atoms with Crippen LogP contribution in [0, 0.1) is 0 Å². The van der Waals surface area contributed by atoms with Crippen molar-refractivity contribution in [2.45, 2.75) is 25.7 Å². The minimum Gasteiger partial charge on any atom is -0.492 e. The lowest BCUT2D eigenvalue weighted by Gasteiger charge is -2.10. The van der Waals surface area contributed by atoms with E-state index in [2.05, 4.69) is 19.0 Å². The Morgan fingerprint density at radius 1 is 0.960 bits per heavy atom. The summed E-state index contributed by atoms with van der Waals surface area (Å²) in [6.07, 6.45) is 4.58. The quantitative estimate of drug-likeness (QED) is 0.438. The maximum atomic E-state index is 12.4. The van der Waals surface area contributed by atoms with Crippen molar-refractivity contribution in [2.24, 2.45) is 0 Å². The van der Waals surface area contributed by atoms with Gasteiger partial charge < -0.3 is 9.64 Å². The van der Waals surface area contributed by atoms with E-state index in [9.17, 15) is 4.79 Å². The van der Waals surface area contributed by atoms with E-state index in [1.54, 1.807) is 30.3 Å². The number of rotatable bonds is 10. The highest BCUT2D eigenvalue weighted by Crippen LogP contribution is 2.26. The number of carbonyl (C=O) groups excluding carboxylic acids is 1. The summed E-state index contributed by atoms with van der Waals surface area (Å²) in [4.78, 5) is 14.6. The van der Waals surface area contributed by atoms with Crippen LogP contribution in [0.4, 0.5) is 0 Å². The summed E-state index contributed by atoms with van der Waals surface area (Å²) in [5.74, 6) is 0.606. The summed E-state index contributed by atoms with van der Waals surface area (Å²) in [7, 11) is 4.19. The molecular weight excluding hydrogens is 334 g/mol. The molecule has 0 saturated carbocycles. The van der Waals surface area contributed by atoms with Gasteiger partial charge in [-0.2, -0.15) is 0 Å². The number of halogens is 1. The summed E-state index contributed by atoms with van der Waals surface area (Å²) in [5.41, 5.74) is 1.23. The predicted molar refractivity (Wildman–Crippen MR) is 104 cm³/mol. The molecule has 2 aromatic carbocycles. The number of nitrogens with zero attached hydrogens (tertiary/aromatic N) is 1. The third-order valence-corrected chi connectivity index (χ3v) is 4.28. The van der Waals surface area contributed by atoms with Crippen LogP contribution >= 0.6 is 11.6 Å². The number of benzene rings is 2. The van der Waals surface area contributed by atoms with Crippen LogP contribution in [0.3, 0.4) is 0 Å². The van der Waals surface area contributed by atoms with Crippen molar-refractivity contribution in [2.75, 3.05) is 27.2 Å². The predicted octanol–water partition coefficient (Wildman–Crippen LogP) is 5.07. The molecule has 0 atom stereocenters. The summed E-state index contributed by atoms with van der Waals surface area (Å²) < 4.78 is 5.75. The largest absolute Gasteiger partial charge is 0.492 e. The smallest absolute Gasteiger partial charge is 0.193 e. The number of ketones is 1. The van der Waals surface area contributed by atoms with Crippen LogP contribution in [-0.4, -0.2) is 37.9 Å². The van der Waals surface area contributed by atoms with Gasteiger partial charge in [-0.05, 0) is 51.7 Å².